The van der Waals surface area contributed by atoms with Crippen molar-refractivity contribution in [2.75, 3.05) is 4.72 Å². The first-order valence-corrected chi connectivity index (χ1v) is 8.09. The Morgan fingerprint density at radius 3 is 2.14 bits per heavy atom. The number of thiophene rings is 1. The van der Waals surface area contributed by atoms with Crippen molar-refractivity contribution in [3.8, 4) is 0 Å². The molecule has 0 amide bonds. The van der Waals surface area contributed by atoms with Gasteiger partial charge < -0.3 is 0 Å². The molecule has 0 unspecified atom stereocenters. The van der Waals surface area contributed by atoms with Crippen LogP contribution in [0.15, 0.2) is 34.5 Å². The molecule has 0 radical (unpaired) electrons. The number of benzene rings is 1. The SMILES string of the molecule is O=[N+]([O-])c1ccc(NS(=O)(=O)c2cc([N+](=O)[O-])c(Cl)s2)cc1. The highest BCUT2D eigenvalue weighted by molar-refractivity contribution is 7.94. The van der Waals surface area contributed by atoms with E-state index in [-0.39, 0.29) is 19.9 Å². The van der Waals surface area contributed by atoms with Crippen molar-refractivity contribution in [1.29, 1.82) is 0 Å². The third-order valence-corrected chi connectivity index (χ3v) is 5.63. The van der Waals surface area contributed by atoms with E-state index in [4.69, 9.17) is 11.6 Å². The summed E-state index contributed by atoms with van der Waals surface area (Å²) in [7, 11) is -4.07. The van der Waals surface area contributed by atoms with E-state index in [1.54, 1.807) is 0 Å². The van der Waals surface area contributed by atoms with Crippen LogP contribution in [0.25, 0.3) is 0 Å². The van der Waals surface area contributed by atoms with Gasteiger partial charge in [-0.3, -0.25) is 25.0 Å². The average Bonchev–Trinajstić information content (AvgIpc) is 2.82. The summed E-state index contributed by atoms with van der Waals surface area (Å²) in [5, 5.41) is 21.2. The smallest absolute Gasteiger partial charge is 0.279 e. The van der Waals surface area contributed by atoms with Crippen LogP contribution >= 0.6 is 22.9 Å². The second-order valence-corrected chi connectivity index (χ2v) is 7.45. The molecule has 1 aromatic carbocycles. The molecule has 0 aliphatic rings. The Morgan fingerprint density at radius 2 is 1.68 bits per heavy atom. The molecule has 0 aliphatic heterocycles. The molecule has 0 aliphatic carbocycles. The lowest BCUT2D eigenvalue weighted by atomic mass is 10.3. The first-order chi connectivity index (χ1) is 10.2. The fraction of sp³-hybridized carbons (Fsp3) is 0. The van der Waals surface area contributed by atoms with Gasteiger partial charge in [0.05, 0.1) is 9.85 Å². The van der Waals surface area contributed by atoms with E-state index in [0.717, 1.165) is 18.2 Å². The van der Waals surface area contributed by atoms with Crippen molar-refractivity contribution in [3.63, 3.8) is 0 Å². The summed E-state index contributed by atoms with van der Waals surface area (Å²) >= 11 is 6.16. The Morgan fingerprint density at radius 1 is 1.09 bits per heavy atom. The number of halogens is 1. The predicted molar refractivity (Wildman–Crippen MR) is 79.9 cm³/mol. The maximum Gasteiger partial charge on any atom is 0.300 e. The quantitative estimate of drug-likeness (QED) is 0.641. The van der Waals surface area contributed by atoms with Crippen molar-refractivity contribution < 1.29 is 18.3 Å². The molecule has 0 fully saturated rings. The molecule has 22 heavy (non-hydrogen) atoms. The maximum absolute atomic E-state index is 12.1. The Labute approximate surface area is 132 Å². The van der Waals surface area contributed by atoms with Crippen LogP contribution in [-0.2, 0) is 10.0 Å². The molecule has 1 heterocycles. The minimum atomic E-state index is -4.07. The van der Waals surface area contributed by atoms with Gasteiger partial charge in [-0.15, -0.1) is 11.3 Å². The van der Waals surface area contributed by atoms with Gasteiger partial charge in [-0.2, -0.15) is 0 Å². The highest BCUT2D eigenvalue weighted by Gasteiger charge is 2.25. The number of hydrogen-bond acceptors (Lipinski definition) is 7. The predicted octanol–water partition coefficient (Wildman–Crippen LogP) is 3.02. The number of sulfonamides is 1. The molecule has 0 atom stereocenters. The van der Waals surface area contributed by atoms with Gasteiger partial charge in [0.25, 0.3) is 21.4 Å². The maximum atomic E-state index is 12.1. The van der Waals surface area contributed by atoms with Gasteiger partial charge in [0.2, 0.25) is 0 Å². The number of nitro groups is 2. The molecule has 12 heteroatoms. The van der Waals surface area contributed by atoms with Crippen LogP contribution in [0.1, 0.15) is 0 Å². The molecule has 2 aromatic rings. The Kier molecular flexibility index (Phi) is 4.30. The van der Waals surface area contributed by atoms with Crippen LogP contribution in [0.4, 0.5) is 17.1 Å². The van der Waals surface area contributed by atoms with Crippen molar-refractivity contribution in [2.45, 2.75) is 4.21 Å². The first-order valence-electron chi connectivity index (χ1n) is 5.42. The summed E-state index contributed by atoms with van der Waals surface area (Å²) in [4.78, 5) is 19.8. The molecule has 1 N–H and O–H groups in total. The number of anilines is 1. The number of hydrogen-bond donors (Lipinski definition) is 1. The van der Waals surface area contributed by atoms with Gasteiger partial charge in [0.15, 0.2) is 4.34 Å². The fourth-order valence-electron chi connectivity index (χ4n) is 1.45. The Hall–Kier alpha value is -2.24. The zero-order chi connectivity index (χ0) is 16.5. The van der Waals surface area contributed by atoms with Crippen LogP contribution in [0.5, 0.6) is 0 Å². The zero-order valence-corrected chi connectivity index (χ0v) is 12.8. The number of nitrogens with one attached hydrogen (secondary N) is 1. The van der Waals surface area contributed by atoms with Crippen LogP contribution in [0, 0.1) is 20.2 Å². The summed E-state index contributed by atoms with van der Waals surface area (Å²) in [5.41, 5.74) is -0.619. The molecule has 2 rings (SSSR count). The second-order valence-electron chi connectivity index (χ2n) is 3.89. The first kappa shape index (κ1) is 16.1. The van der Waals surface area contributed by atoms with E-state index in [1.807, 2.05) is 0 Å². The van der Waals surface area contributed by atoms with E-state index >= 15 is 0 Å². The third kappa shape index (κ3) is 3.32. The third-order valence-electron chi connectivity index (χ3n) is 2.44. The minimum absolute atomic E-state index is 0.0813. The lowest BCUT2D eigenvalue weighted by molar-refractivity contribution is -0.384. The van der Waals surface area contributed by atoms with Crippen molar-refractivity contribution in [3.05, 3.63) is 54.9 Å². The Bertz CT molecular complexity index is 846. The zero-order valence-electron chi connectivity index (χ0n) is 10.4. The summed E-state index contributed by atoms with van der Waals surface area (Å²) in [6.45, 7) is 0. The average molecular weight is 364 g/mol. The van der Waals surface area contributed by atoms with Gasteiger partial charge in [-0.1, -0.05) is 11.6 Å². The minimum Gasteiger partial charge on any atom is -0.279 e. The van der Waals surface area contributed by atoms with E-state index in [1.165, 1.54) is 12.1 Å². The topological polar surface area (TPSA) is 132 Å². The number of nitro benzene ring substituents is 1. The van der Waals surface area contributed by atoms with Gasteiger partial charge in [0, 0.05) is 23.9 Å². The van der Waals surface area contributed by atoms with Crippen LogP contribution in [0.2, 0.25) is 4.34 Å². The van der Waals surface area contributed by atoms with Crippen molar-refractivity contribution in [2.24, 2.45) is 0 Å². The van der Waals surface area contributed by atoms with Crippen LogP contribution in [-0.4, -0.2) is 18.3 Å². The molecule has 0 saturated heterocycles. The normalized spacial score (nSPS) is 11.1. The summed E-state index contributed by atoms with van der Waals surface area (Å²) in [6, 6.07) is 5.52. The molecular formula is C10H6ClN3O6S2. The molecular weight excluding hydrogens is 358 g/mol. The molecule has 1 aromatic heterocycles. The number of non-ortho nitro benzene ring substituents is 1. The van der Waals surface area contributed by atoms with Crippen LogP contribution in [0.3, 0.4) is 0 Å². The highest BCUT2D eigenvalue weighted by Crippen LogP contribution is 2.36. The van der Waals surface area contributed by atoms with E-state index in [9.17, 15) is 28.6 Å². The van der Waals surface area contributed by atoms with Gasteiger partial charge in [-0.25, -0.2) is 8.42 Å². The monoisotopic (exact) mass is 363 g/mol. The molecule has 0 bridgehead atoms. The van der Waals surface area contributed by atoms with E-state index < -0.39 is 25.6 Å². The molecule has 0 saturated carbocycles. The number of nitrogens with zero attached hydrogens (tertiary/aromatic N) is 2. The van der Waals surface area contributed by atoms with Gasteiger partial charge in [-0.05, 0) is 12.1 Å². The standard InChI is InChI=1S/C10H6ClN3O6S2/c11-10-8(14(17)18)5-9(21-10)22(19,20)12-6-1-3-7(4-2-6)13(15)16/h1-5,12H. The fourth-order valence-corrected chi connectivity index (χ4v) is 4.17. The molecule has 116 valence electrons. The highest BCUT2D eigenvalue weighted by atomic mass is 35.5. The molecule has 9 nitrogen and oxygen atoms in total. The Balaban J connectivity index is 2.29. The summed E-state index contributed by atoms with van der Waals surface area (Å²) in [6.07, 6.45) is 0. The van der Waals surface area contributed by atoms with Gasteiger partial charge >= 0.3 is 0 Å². The lowest BCUT2D eigenvalue weighted by Gasteiger charge is -2.05. The largest absolute Gasteiger partial charge is 0.300 e. The lowest BCUT2D eigenvalue weighted by Crippen LogP contribution is -2.11. The van der Waals surface area contributed by atoms with Gasteiger partial charge in [0.1, 0.15) is 4.21 Å². The van der Waals surface area contributed by atoms with E-state index in [0.29, 0.717) is 11.3 Å². The van der Waals surface area contributed by atoms with Crippen molar-refractivity contribution in [1.82, 2.24) is 0 Å². The van der Waals surface area contributed by atoms with Crippen molar-refractivity contribution >= 4 is 50.0 Å². The second kappa shape index (κ2) is 5.87. The van der Waals surface area contributed by atoms with E-state index in [2.05, 4.69) is 4.72 Å². The van der Waals surface area contributed by atoms with Crippen LogP contribution < -0.4 is 4.72 Å². The number of rotatable bonds is 5. The molecule has 0 spiro atoms. The summed E-state index contributed by atoms with van der Waals surface area (Å²) in [5.74, 6) is 0. The summed E-state index contributed by atoms with van der Waals surface area (Å²) < 4.78 is 25.8.